The summed E-state index contributed by atoms with van der Waals surface area (Å²) < 4.78 is 1.94. The molecule has 3 rings (SSSR count). The predicted molar refractivity (Wildman–Crippen MR) is 108 cm³/mol. The molecule has 7 heteroatoms. The Morgan fingerprint density at radius 2 is 1.96 bits per heavy atom. The summed E-state index contributed by atoms with van der Waals surface area (Å²) in [5, 5.41) is 10.9. The fourth-order valence-corrected chi connectivity index (χ4v) is 3.06. The van der Waals surface area contributed by atoms with Gasteiger partial charge in [-0.25, -0.2) is 9.97 Å². The van der Waals surface area contributed by atoms with Crippen LogP contribution >= 0.6 is 0 Å². The molecular weight excluding hydrogens is 352 g/mol. The third-order valence-electron chi connectivity index (χ3n) is 4.54. The van der Waals surface area contributed by atoms with E-state index in [1.807, 2.05) is 42.0 Å². The van der Waals surface area contributed by atoms with Gasteiger partial charge in [-0.2, -0.15) is 0 Å². The topological polar surface area (TPSA) is 85.6 Å². The number of aryl methyl sites for hydroxylation is 2. The molecule has 1 N–H and O–H groups in total. The minimum absolute atomic E-state index is 0.141. The summed E-state index contributed by atoms with van der Waals surface area (Å²) in [4.78, 5) is 21.4. The maximum absolute atomic E-state index is 12.5. The minimum atomic E-state index is -0.141. The fraction of sp³-hybridized carbons (Fsp3) is 0.381. The normalized spacial score (nSPS) is 11.0. The van der Waals surface area contributed by atoms with E-state index < -0.39 is 0 Å². The lowest BCUT2D eigenvalue weighted by atomic mass is 10.0. The highest BCUT2D eigenvalue weighted by Crippen LogP contribution is 2.23. The summed E-state index contributed by atoms with van der Waals surface area (Å²) in [7, 11) is 0. The van der Waals surface area contributed by atoms with Gasteiger partial charge in [-0.15, -0.1) is 10.2 Å². The van der Waals surface area contributed by atoms with E-state index in [0.717, 1.165) is 41.3 Å². The molecule has 0 unspecified atom stereocenters. The van der Waals surface area contributed by atoms with E-state index >= 15 is 0 Å². The molecule has 0 bridgehead atoms. The van der Waals surface area contributed by atoms with Gasteiger partial charge >= 0.3 is 0 Å². The molecule has 0 radical (unpaired) electrons. The Hall–Kier alpha value is -3.09. The standard InChI is InChI=1S/C21H26N6O/c1-5-6-18-11-22-15(4)25-20(18)16-7-9-17(10-8-16)21(28)23-12-19-26-24-13-27(19)14(2)3/h7-11,13-14H,5-6,12H2,1-4H3,(H,23,28). The number of amides is 1. The van der Waals surface area contributed by atoms with Gasteiger partial charge in [-0.05, 0) is 44.9 Å². The van der Waals surface area contributed by atoms with E-state index in [9.17, 15) is 4.79 Å². The lowest BCUT2D eigenvalue weighted by Crippen LogP contribution is -2.25. The Morgan fingerprint density at radius 3 is 2.64 bits per heavy atom. The molecule has 7 nitrogen and oxygen atoms in total. The van der Waals surface area contributed by atoms with Gasteiger partial charge in [0.05, 0.1) is 12.2 Å². The van der Waals surface area contributed by atoms with Crippen LogP contribution in [0.1, 0.15) is 60.8 Å². The SMILES string of the molecule is CCCc1cnc(C)nc1-c1ccc(C(=O)NCc2nncn2C(C)C)cc1. The van der Waals surface area contributed by atoms with Gasteiger partial charge in [-0.3, -0.25) is 4.79 Å². The third kappa shape index (κ3) is 4.42. The van der Waals surface area contributed by atoms with Crippen LogP contribution in [0.15, 0.2) is 36.8 Å². The number of nitrogens with zero attached hydrogens (tertiary/aromatic N) is 5. The minimum Gasteiger partial charge on any atom is -0.345 e. The summed E-state index contributed by atoms with van der Waals surface area (Å²) in [5.74, 6) is 1.34. The maximum atomic E-state index is 12.5. The summed E-state index contributed by atoms with van der Waals surface area (Å²) in [5.41, 5.74) is 3.65. The Bertz CT molecular complexity index is 946. The van der Waals surface area contributed by atoms with Gasteiger partial charge in [-0.1, -0.05) is 25.5 Å². The molecule has 0 aliphatic rings. The molecule has 0 atom stereocenters. The van der Waals surface area contributed by atoms with Gasteiger partial charge in [0.15, 0.2) is 5.82 Å². The molecule has 2 heterocycles. The molecule has 0 aliphatic heterocycles. The van der Waals surface area contributed by atoms with E-state index in [4.69, 9.17) is 0 Å². The van der Waals surface area contributed by atoms with Gasteiger partial charge in [0.1, 0.15) is 12.2 Å². The Morgan fingerprint density at radius 1 is 1.21 bits per heavy atom. The first kappa shape index (κ1) is 19.7. The summed E-state index contributed by atoms with van der Waals surface area (Å²) in [6.45, 7) is 8.46. The number of nitrogens with one attached hydrogen (secondary N) is 1. The van der Waals surface area contributed by atoms with Crippen molar-refractivity contribution in [3.63, 3.8) is 0 Å². The van der Waals surface area contributed by atoms with Gasteiger partial charge in [0.25, 0.3) is 5.91 Å². The average molecular weight is 378 g/mol. The van der Waals surface area contributed by atoms with E-state index in [0.29, 0.717) is 12.1 Å². The van der Waals surface area contributed by atoms with Crippen LogP contribution in [-0.2, 0) is 13.0 Å². The van der Waals surface area contributed by atoms with Crippen LogP contribution in [0, 0.1) is 6.92 Å². The first-order valence-corrected chi connectivity index (χ1v) is 9.59. The summed E-state index contributed by atoms with van der Waals surface area (Å²) in [6, 6.07) is 7.77. The van der Waals surface area contributed by atoms with Crippen LogP contribution < -0.4 is 5.32 Å². The highest BCUT2D eigenvalue weighted by Gasteiger charge is 2.12. The van der Waals surface area contributed by atoms with Crippen molar-refractivity contribution in [2.24, 2.45) is 0 Å². The Balaban J connectivity index is 1.73. The molecule has 28 heavy (non-hydrogen) atoms. The monoisotopic (exact) mass is 378 g/mol. The van der Waals surface area contributed by atoms with E-state index in [2.05, 4.69) is 46.3 Å². The van der Waals surface area contributed by atoms with Crippen molar-refractivity contribution in [2.75, 3.05) is 0 Å². The van der Waals surface area contributed by atoms with Crippen LogP contribution in [0.3, 0.4) is 0 Å². The van der Waals surface area contributed by atoms with Crippen molar-refractivity contribution >= 4 is 5.91 Å². The van der Waals surface area contributed by atoms with Gasteiger partial charge in [0, 0.05) is 23.4 Å². The largest absolute Gasteiger partial charge is 0.345 e. The van der Waals surface area contributed by atoms with Crippen molar-refractivity contribution in [3.8, 4) is 11.3 Å². The molecule has 1 aromatic carbocycles. The molecule has 0 saturated carbocycles. The molecule has 2 aromatic heterocycles. The van der Waals surface area contributed by atoms with Crippen molar-refractivity contribution < 1.29 is 4.79 Å². The number of hydrogen-bond donors (Lipinski definition) is 1. The maximum Gasteiger partial charge on any atom is 0.251 e. The van der Waals surface area contributed by atoms with Crippen LogP contribution in [0.2, 0.25) is 0 Å². The Kier molecular flexibility index (Phi) is 6.13. The second-order valence-corrected chi connectivity index (χ2v) is 7.05. The molecule has 0 spiro atoms. The first-order chi connectivity index (χ1) is 13.5. The summed E-state index contributed by atoms with van der Waals surface area (Å²) >= 11 is 0. The summed E-state index contributed by atoms with van der Waals surface area (Å²) in [6.07, 6.45) is 5.53. The molecule has 0 aliphatic carbocycles. The van der Waals surface area contributed by atoms with Gasteiger partial charge < -0.3 is 9.88 Å². The average Bonchev–Trinajstić information content (AvgIpc) is 3.17. The molecule has 0 fully saturated rings. The van der Waals surface area contributed by atoms with Crippen LogP contribution in [0.25, 0.3) is 11.3 Å². The lowest BCUT2D eigenvalue weighted by molar-refractivity contribution is 0.0949. The van der Waals surface area contributed by atoms with Crippen LogP contribution in [0.5, 0.6) is 0 Å². The van der Waals surface area contributed by atoms with Crippen molar-refractivity contribution in [1.82, 2.24) is 30.0 Å². The smallest absolute Gasteiger partial charge is 0.251 e. The van der Waals surface area contributed by atoms with Crippen molar-refractivity contribution in [1.29, 1.82) is 0 Å². The van der Waals surface area contributed by atoms with E-state index in [1.165, 1.54) is 0 Å². The van der Waals surface area contributed by atoms with Crippen molar-refractivity contribution in [3.05, 3.63) is 59.6 Å². The Labute approximate surface area is 165 Å². The zero-order valence-electron chi connectivity index (χ0n) is 16.8. The van der Waals surface area contributed by atoms with Crippen molar-refractivity contribution in [2.45, 2.75) is 53.1 Å². The number of benzene rings is 1. The van der Waals surface area contributed by atoms with E-state index in [1.54, 1.807) is 6.33 Å². The zero-order valence-corrected chi connectivity index (χ0v) is 16.8. The third-order valence-corrected chi connectivity index (χ3v) is 4.54. The van der Waals surface area contributed by atoms with Crippen LogP contribution in [0.4, 0.5) is 0 Å². The van der Waals surface area contributed by atoms with E-state index in [-0.39, 0.29) is 11.9 Å². The molecule has 3 aromatic rings. The number of hydrogen-bond acceptors (Lipinski definition) is 5. The first-order valence-electron chi connectivity index (χ1n) is 9.59. The number of aromatic nitrogens is 5. The molecule has 1 amide bonds. The zero-order chi connectivity index (χ0) is 20.1. The quantitative estimate of drug-likeness (QED) is 0.680. The van der Waals surface area contributed by atoms with Crippen LogP contribution in [-0.4, -0.2) is 30.6 Å². The number of rotatable bonds is 7. The van der Waals surface area contributed by atoms with Gasteiger partial charge in [0.2, 0.25) is 0 Å². The molecule has 146 valence electrons. The number of carbonyl (C=O) groups excluding carboxylic acids is 1. The fourth-order valence-electron chi connectivity index (χ4n) is 3.06. The lowest BCUT2D eigenvalue weighted by Gasteiger charge is -2.11. The predicted octanol–water partition coefficient (Wildman–Crippen LogP) is 3.51. The number of carbonyl (C=O) groups is 1. The second kappa shape index (κ2) is 8.73. The highest BCUT2D eigenvalue weighted by molar-refractivity contribution is 5.94. The second-order valence-electron chi connectivity index (χ2n) is 7.05. The molecule has 0 saturated heterocycles. The highest BCUT2D eigenvalue weighted by atomic mass is 16.1. The molecular formula is C21H26N6O.